The normalized spacial score (nSPS) is 13.7. The van der Waals surface area contributed by atoms with Gasteiger partial charge >= 0.3 is 0 Å². The van der Waals surface area contributed by atoms with Gasteiger partial charge in [0, 0.05) is 29.2 Å². The van der Waals surface area contributed by atoms with Crippen molar-refractivity contribution in [1.82, 2.24) is 10.2 Å². The Morgan fingerprint density at radius 3 is 2.36 bits per heavy atom. The van der Waals surface area contributed by atoms with Crippen molar-refractivity contribution in [2.24, 2.45) is 10.4 Å². The van der Waals surface area contributed by atoms with Crippen molar-refractivity contribution >= 4 is 22.7 Å². The first-order valence-corrected chi connectivity index (χ1v) is 13.8. The molecule has 0 unspecified atom stereocenters. The zero-order chi connectivity index (χ0) is 28.8. The summed E-state index contributed by atoms with van der Waals surface area (Å²) in [7, 11) is 3.62. The molecule has 0 amide bonds. The molecule has 0 spiro atoms. The zero-order valence-corrected chi connectivity index (χ0v) is 25.2. The second kappa shape index (κ2) is 15.9. The summed E-state index contributed by atoms with van der Waals surface area (Å²) in [5.41, 5.74) is 3.18. The smallest absolute Gasteiger partial charge is 0.135 e. The highest BCUT2D eigenvalue weighted by Crippen LogP contribution is 2.34. The van der Waals surface area contributed by atoms with E-state index in [0.29, 0.717) is 12.3 Å². The van der Waals surface area contributed by atoms with Gasteiger partial charge in [0.25, 0.3) is 0 Å². The first kappa shape index (κ1) is 31.9. The Hall–Kier alpha value is -3.35. The van der Waals surface area contributed by atoms with Gasteiger partial charge in [-0.25, -0.2) is 0 Å². The number of likely N-dealkylation sites (N-methyl/N-ethyl adjacent to an activating group) is 2. The molecule has 0 fully saturated rings. The quantitative estimate of drug-likeness (QED) is 0.145. The van der Waals surface area contributed by atoms with Crippen LogP contribution in [0.2, 0.25) is 0 Å². The minimum Gasteiger partial charge on any atom is -0.498 e. The summed E-state index contributed by atoms with van der Waals surface area (Å²) in [6.07, 6.45) is 7.54. The lowest BCUT2D eigenvalue weighted by molar-refractivity contribution is 0.278. The van der Waals surface area contributed by atoms with Gasteiger partial charge in [0.1, 0.15) is 17.3 Å². The molecule has 0 aliphatic carbocycles. The lowest BCUT2D eigenvalue weighted by Gasteiger charge is -2.22. The summed E-state index contributed by atoms with van der Waals surface area (Å²) in [6.45, 7) is 21.4. The number of hydrogen-bond acceptors (Lipinski definition) is 6. The van der Waals surface area contributed by atoms with E-state index in [2.05, 4.69) is 86.9 Å². The van der Waals surface area contributed by atoms with Crippen LogP contribution in [-0.4, -0.2) is 58.0 Å². The first-order valence-electron chi connectivity index (χ1n) is 13.8. The van der Waals surface area contributed by atoms with E-state index >= 15 is 0 Å². The second-order valence-electron chi connectivity index (χ2n) is 10.4. The predicted molar refractivity (Wildman–Crippen MR) is 169 cm³/mol. The van der Waals surface area contributed by atoms with Crippen LogP contribution in [0.4, 0.5) is 5.69 Å². The van der Waals surface area contributed by atoms with E-state index in [4.69, 9.17) is 9.47 Å². The number of methoxy groups -OCH3 is 1. The van der Waals surface area contributed by atoms with E-state index in [1.165, 1.54) is 5.57 Å². The van der Waals surface area contributed by atoms with Crippen molar-refractivity contribution in [3.05, 3.63) is 84.0 Å². The Labute approximate surface area is 236 Å². The molecule has 2 aromatic rings. The zero-order valence-electron chi connectivity index (χ0n) is 25.2. The molecule has 212 valence electrons. The van der Waals surface area contributed by atoms with Crippen LogP contribution in [0.1, 0.15) is 41.5 Å². The summed E-state index contributed by atoms with van der Waals surface area (Å²) in [5.74, 6) is 2.24. The number of hydrogen-bond donors (Lipinski definition) is 2. The molecular weight excluding hydrogens is 484 g/mol. The van der Waals surface area contributed by atoms with Gasteiger partial charge < -0.3 is 25.0 Å². The van der Waals surface area contributed by atoms with Crippen LogP contribution in [0.15, 0.2) is 89.0 Å². The van der Waals surface area contributed by atoms with Crippen LogP contribution in [0.25, 0.3) is 10.8 Å². The minimum atomic E-state index is 0.0350. The van der Waals surface area contributed by atoms with Crippen LogP contribution in [0.5, 0.6) is 5.75 Å². The lowest BCUT2D eigenvalue weighted by Crippen LogP contribution is -2.25. The van der Waals surface area contributed by atoms with Crippen LogP contribution in [0, 0.1) is 5.41 Å². The van der Waals surface area contributed by atoms with Crippen molar-refractivity contribution in [2.75, 3.05) is 52.2 Å². The maximum Gasteiger partial charge on any atom is 0.135 e. The number of nitrogens with zero attached hydrogens (tertiary/aromatic N) is 2. The van der Waals surface area contributed by atoms with Gasteiger partial charge in [-0.2, -0.15) is 0 Å². The topological polar surface area (TPSA) is 58.1 Å². The number of ether oxygens (including phenoxy) is 2. The van der Waals surface area contributed by atoms with E-state index in [-0.39, 0.29) is 5.41 Å². The maximum atomic E-state index is 6.28. The van der Waals surface area contributed by atoms with E-state index < -0.39 is 0 Å². The molecule has 2 rings (SSSR count). The fourth-order valence-electron chi connectivity index (χ4n) is 3.88. The van der Waals surface area contributed by atoms with Crippen molar-refractivity contribution in [3.8, 4) is 5.75 Å². The standard InChI is InChI=1S/C33H48N4O2/c1-10-26(19-20-35-21-22-37(11-2)12-3)39-31-18-17-29(27-15-13-14-16-28(27)31)36-30(32(38-9)24-34-8)23-25(4)33(5,6)7/h10,13-20,23,34,36H,1,11-12,21-22,24H2,2-9H3/b25-23+,26-19+,32-30-,35-20?. The molecule has 0 aliphatic heterocycles. The SMILES string of the molecule is C=C/C(=C\C=NCCN(CC)CC)Oc1ccc(NC(/C=C(\C)C(C)(C)C)=C(/CNC)OC)c2ccccc12. The third kappa shape index (κ3) is 9.72. The Balaban J connectivity index is 2.40. The lowest BCUT2D eigenvalue weighted by atomic mass is 9.87. The highest BCUT2D eigenvalue weighted by molar-refractivity contribution is 5.98. The number of nitrogens with one attached hydrogen (secondary N) is 2. The summed E-state index contributed by atoms with van der Waals surface area (Å²) >= 11 is 0. The molecule has 0 saturated heterocycles. The van der Waals surface area contributed by atoms with Gasteiger partial charge in [-0.15, -0.1) is 0 Å². The monoisotopic (exact) mass is 532 g/mol. The number of allylic oxidation sites excluding steroid dienone is 4. The van der Waals surface area contributed by atoms with E-state index in [1.807, 2.05) is 37.4 Å². The second-order valence-corrected chi connectivity index (χ2v) is 10.4. The van der Waals surface area contributed by atoms with Crippen molar-refractivity contribution in [3.63, 3.8) is 0 Å². The highest BCUT2D eigenvalue weighted by Gasteiger charge is 2.16. The number of fused-ring (bicyclic) bond motifs is 1. The molecule has 0 atom stereocenters. The van der Waals surface area contributed by atoms with Gasteiger partial charge in [-0.1, -0.05) is 71.0 Å². The minimum absolute atomic E-state index is 0.0350. The number of anilines is 1. The fourth-order valence-corrected chi connectivity index (χ4v) is 3.88. The summed E-state index contributed by atoms with van der Waals surface area (Å²) in [6, 6.07) is 12.3. The molecule has 0 heterocycles. The van der Waals surface area contributed by atoms with E-state index in [0.717, 1.165) is 59.8 Å². The first-order chi connectivity index (χ1) is 18.7. The average molecular weight is 533 g/mol. The Morgan fingerprint density at radius 1 is 1.08 bits per heavy atom. The molecule has 2 N–H and O–H groups in total. The van der Waals surface area contributed by atoms with Gasteiger partial charge in [-0.05, 0) is 62.8 Å². The molecule has 6 heteroatoms. The molecule has 0 aromatic heterocycles. The van der Waals surface area contributed by atoms with E-state index in [1.54, 1.807) is 19.4 Å². The van der Waals surface area contributed by atoms with Crippen LogP contribution in [-0.2, 0) is 4.74 Å². The summed E-state index contributed by atoms with van der Waals surface area (Å²) < 4.78 is 12.1. The molecule has 6 nitrogen and oxygen atoms in total. The maximum absolute atomic E-state index is 6.28. The summed E-state index contributed by atoms with van der Waals surface area (Å²) in [5, 5.41) is 8.90. The van der Waals surface area contributed by atoms with Gasteiger partial charge in [0.05, 0.1) is 25.9 Å². The molecule has 39 heavy (non-hydrogen) atoms. The fraction of sp³-hybridized carbons (Fsp3) is 0.424. The Morgan fingerprint density at radius 2 is 1.77 bits per heavy atom. The predicted octanol–water partition coefficient (Wildman–Crippen LogP) is 7.18. The van der Waals surface area contributed by atoms with Gasteiger partial charge in [0.15, 0.2) is 0 Å². The number of benzene rings is 2. The molecule has 0 saturated carbocycles. The van der Waals surface area contributed by atoms with Crippen molar-refractivity contribution < 1.29 is 9.47 Å². The third-order valence-electron chi connectivity index (χ3n) is 6.79. The molecule has 0 radical (unpaired) electrons. The molecule has 0 aliphatic rings. The van der Waals surface area contributed by atoms with E-state index in [9.17, 15) is 0 Å². The molecular formula is C33H48N4O2. The van der Waals surface area contributed by atoms with Gasteiger partial charge in [-0.3, -0.25) is 4.99 Å². The number of aliphatic imine (C=N–C) groups is 1. The number of rotatable bonds is 15. The Bertz CT molecular complexity index is 1200. The van der Waals surface area contributed by atoms with Crippen LogP contribution < -0.4 is 15.4 Å². The highest BCUT2D eigenvalue weighted by atomic mass is 16.5. The third-order valence-corrected chi connectivity index (χ3v) is 6.79. The van der Waals surface area contributed by atoms with Crippen molar-refractivity contribution in [2.45, 2.75) is 41.5 Å². The Kier molecular flexibility index (Phi) is 13.0. The van der Waals surface area contributed by atoms with Gasteiger partial charge in [0.2, 0.25) is 0 Å². The van der Waals surface area contributed by atoms with Crippen molar-refractivity contribution in [1.29, 1.82) is 0 Å². The summed E-state index contributed by atoms with van der Waals surface area (Å²) in [4.78, 5) is 6.87. The van der Waals surface area contributed by atoms with Crippen LogP contribution >= 0.6 is 0 Å². The molecule has 2 aromatic carbocycles. The largest absolute Gasteiger partial charge is 0.498 e. The van der Waals surface area contributed by atoms with Crippen LogP contribution in [0.3, 0.4) is 0 Å². The molecule has 0 bridgehead atoms. The average Bonchev–Trinajstić information content (AvgIpc) is 2.93.